The van der Waals surface area contributed by atoms with E-state index in [2.05, 4.69) is 26.3 Å². The van der Waals surface area contributed by atoms with Gasteiger partial charge in [-0.05, 0) is 35.9 Å². The highest BCUT2D eigenvalue weighted by Crippen LogP contribution is 2.32. The molecule has 0 spiro atoms. The Morgan fingerprint density at radius 1 is 1.21 bits per heavy atom. The molecular weight excluding hydrogens is 372 g/mol. The molecule has 2 aromatic heterocycles. The molecule has 7 heteroatoms. The van der Waals surface area contributed by atoms with E-state index in [1.807, 2.05) is 41.8 Å². The lowest BCUT2D eigenvalue weighted by atomic mass is 10.1. The molecule has 0 unspecified atom stereocenters. The standard InChI is InChI=1S/C21H18N4O2S/c26-20(8-7-19-22-15-3-1-2-4-16(15)23-19)25-21-24-17(12-28-21)13-5-6-18-14(11-13)9-10-27-18/h1-6,11-12H,7-10H2,(H,22,23)(H,24,25,26). The number of rotatable bonds is 5. The van der Waals surface area contributed by atoms with E-state index in [9.17, 15) is 4.79 Å². The summed E-state index contributed by atoms with van der Waals surface area (Å²) in [5.41, 5.74) is 5.03. The smallest absolute Gasteiger partial charge is 0.226 e. The molecule has 0 radical (unpaired) electrons. The van der Waals surface area contributed by atoms with E-state index in [0.29, 0.717) is 18.0 Å². The van der Waals surface area contributed by atoms with Crippen LogP contribution in [-0.4, -0.2) is 27.5 Å². The maximum atomic E-state index is 12.3. The molecular formula is C21H18N4O2S. The number of aryl methyl sites for hydroxylation is 1. The minimum absolute atomic E-state index is 0.0660. The van der Waals surface area contributed by atoms with Gasteiger partial charge in [0.15, 0.2) is 5.13 Å². The van der Waals surface area contributed by atoms with Crippen LogP contribution in [0.4, 0.5) is 5.13 Å². The van der Waals surface area contributed by atoms with Crippen LogP contribution in [0.3, 0.4) is 0 Å². The molecule has 5 rings (SSSR count). The van der Waals surface area contributed by atoms with E-state index in [1.54, 1.807) is 0 Å². The zero-order valence-electron chi connectivity index (χ0n) is 15.1. The van der Waals surface area contributed by atoms with Gasteiger partial charge in [-0.2, -0.15) is 0 Å². The minimum atomic E-state index is -0.0660. The first kappa shape index (κ1) is 16.9. The number of hydrogen-bond acceptors (Lipinski definition) is 5. The molecule has 3 heterocycles. The lowest BCUT2D eigenvalue weighted by Gasteiger charge is -2.02. The summed E-state index contributed by atoms with van der Waals surface area (Å²) in [5, 5.41) is 5.47. The Bertz CT molecular complexity index is 1130. The first-order chi connectivity index (χ1) is 13.7. The topological polar surface area (TPSA) is 79.9 Å². The number of aromatic nitrogens is 3. The van der Waals surface area contributed by atoms with E-state index in [-0.39, 0.29) is 5.91 Å². The number of carbonyl (C=O) groups excluding carboxylic acids is 1. The van der Waals surface area contributed by atoms with Crippen LogP contribution in [0.1, 0.15) is 17.8 Å². The van der Waals surface area contributed by atoms with Crippen molar-refractivity contribution in [2.24, 2.45) is 0 Å². The second-order valence-corrected chi connectivity index (χ2v) is 7.57. The van der Waals surface area contributed by atoms with Crippen molar-refractivity contribution in [2.45, 2.75) is 19.3 Å². The Balaban J connectivity index is 1.22. The van der Waals surface area contributed by atoms with Crippen molar-refractivity contribution in [1.82, 2.24) is 15.0 Å². The molecule has 6 nitrogen and oxygen atoms in total. The van der Waals surface area contributed by atoms with Gasteiger partial charge in [0.25, 0.3) is 0 Å². The van der Waals surface area contributed by atoms with E-state index >= 15 is 0 Å². The van der Waals surface area contributed by atoms with Gasteiger partial charge in [-0.15, -0.1) is 11.3 Å². The number of anilines is 1. The van der Waals surface area contributed by atoms with Crippen LogP contribution in [0, 0.1) is 0 Å². The van der Waals surface area contributed by atoms with Crippen molar-refractivity contribution in [1.29, 1.82) is 0 Å². The van der Waals surface area contributed by atoms with Crippen LogP contribution in [-0.2, 0) is 17.6 Å². The highest BCUT2D eigenvalue weighted by molar-refractivity contribution is 7.14. The van der Waals surface area contributed by atoms with Gasteiger partial charge in [0, 0.05) is 30.2 Å². The van der Waals surface area contributed by atoms with Crippen molar-refractivity contribution < 1.29 is 9.53 Å². The maximum Gasteiger partial charge on any atom is 0.226 e. The fourth-order valence-electron chi connectivity index (χ4n) is 3.35. The number of hydrogen-bond donors (Lipinski definition) is 2. The second kappa shape index (κ2) is 7.09. The number of benzene rings is 2. The number of thiazole rings is 1. The zero-order chi connectivity index (χ0) is 18.9. The highest BCUT2D eigenvalue weighted by Gasteiger charge is 2.14. The number of fused-ring (bicyclic) bond motifs is 2. The molecule has 0 fully saturated rings. The van der Waals surface area contributed by atoms with Gasteiger partial charge in [-0.1, -0.05) is 12.1 Å². The summed E-state index contributed by atoms with van der Waals surface area (Å²) in [5.74, 6) is 1.71. The summed E-state index contributed by atoms with van der Waals surface area (Å²) >= 11 is 1.43. The van der Waals surface area contributed by atoms with Crippen molar-refractivity contribution in [2.75, 3.05) is 11.9 Å². The Morgan fingerprint density at radius 3 is 3.07 bits per heavy atom. The normalized spacial score (nSPS) is 12.7. The van der Waals surface area contributed by atoms with E-state index in [0.717, 1.165) is 46.9 Å². The summed E-state index contributed by atoms with van der Waals surface area (Å²) in [6.45, 7) is 0.738. The number of H-pyrrole nitrogens is 1. The number of amides is 1. The summed E-state index contributed by atoms with van der Waals surface area (Å²) in [4.78, 5) is 24.6. The van der Waals surface area contributed by atoms with Gasteiger partial charge >= 0.3 is 0 Å². The molecule has 0 aliphatic carbocycles. The number of aromatic amines is 1. The molecule has 4 aromatic rings. The third-order valence-electron chi connectivity index (χ3n) is 4.76. The van der Waals surface area contributed by atoms with Crippen LogP contribution < -0.4 is 10.1 Å². The van der Waals surface area contributed by atoms with Crippen LogP contribution in [0.25, 0.3) is 22.3 Å². The Labute approximate surface area is 165 Å². The lowest BCUT2D eigenvalue weighted by Crippen LogP contribution is -2.12. The van der Waals surface area contributed by atoms with Gasteiger partial charge in [0.2, 0.25) is 5.91 Å². The number of nitrogens with zero attached hydrogens (tertiary/aromatic N) is 2. The summed E-state index contributed by atoms with van der Waals surface area (Å²) < 4.78 is 5.55. The average molecular weight is 390 g/mol. The predicted molar refractivity (Wildman–Crippen MR) is 110 cm³/mol. The molecule has 0 saturated carbocycles. The third-order valence-corrected chi connectivity index (χ3v) is 5.52. The Morgan fingerprint density at radius 2 is 2.14 bits per heavy atom. The molecule has 140 valence electrons. The number of ether oxygens (including phenoxy) is 1. The molecule has 28 heavy (non-hydrogen) atoms. The number of imidazole rings is 1. The zero-order valence-corrected chi connectivity index (χ0v) is 15.9. The van der Waals surface area contributed by atoms with Crippen molar-refractivity contribution >= 4 is 33.4 Å². The quantitative estimate of drug-likeness (QED) is 0.535. The monoisotopic (exact) mass is 390 g/mol. The van der Waals surface area contributed by atoms with E-state index in [4.69, 9.17) is 4.74 Å². The van der Waals surface area contributed by atoms with Gasteiger partial charge in [0.05, 0.1) is 23.3 Å². The molecule has 1 amide bonds. The first-order valence-electron chi connectivity index (χ1n) is 9.20. The SMILES string of the molecule is O=C(CCc1nc2ccccc2[nH]1)Nc1nc(-c2ccc3c(c2)CCO3)cs1. The van der Waals surface area contributed by atoms with Crippen molar-refractivity contribution in [3.8, 4) is 17.0 Å². The van der Waals surface area contributed by atoms with E-state index < -0.39 is 0 Å². The highest BCUT2D eigenvalue weighted by atomic mass is 32.1. The number of para-hydroxylation sites is 2. The lowest BCUT2D eigenvalue weighted by molar-refractivity contribution is -0.116. The van der Waals surface area contributed by atoms with Gasteiger partial charge in [0.1, 0.15) is 11.6 Å². The average Bonchev–Trinajstić information content (AvgIpc) is 3.44. The van der Waals surface area contributed by atoms with Crippen molar-refractivity contribution in [3.05, 3.63) is 59.2 Å². The predicted octanol–water partition coefficient (Wildman–Crippen LogP) is 4.19. The number of nitrogens with one attached hydrogen (secondary N) is 2. The fourth-order valence-corrected chi connectivity index (χ4v) is 4.08. The molecule has 1 aliphatic rings. The number of carbonyl (C=O) groups is 1. The fraction of sp³-hybridized carbons (Fsp3) is 0.190. The van der Waals surface area contributed by atoms with Crippen LogP contribution in [0.15, 0.2) is 47.8 Å². The van der Waals surface area contributed by atoms with Crippen molar-refractivity contribution in [3.63, 3.8) is 0 Å². The Kier molecular flexibility index (Phi) is 4.29. The van der Waals surface area contributed by atoms with Crippen LogP contribution in [0.5, 0.6) is 5.75 Å². The van der Waals surface area contributed by atoms with E-state index in [1.165, 1.54) is 16.9 Å². The molecule has 1 aliphatic heterocycles. The largest absolute Gasteiger partial charge is 0.493 e. The summed E-state index contributed by atoms with van der Waals surface area (Å²) in [6, 6.07) is 14.0. The molecule has 0 atom stereocenters. The summed E-state index contributed by atoms with van der Waals surface area (Å²) in [6.07, 6.45) is 1.84. The molecule has 0 bridgehead atoms. The van der Waals surface area contributed by atoms with Gasteiger partial charge in [-0.3, -0.25) is 4.79 Å². The summed E-state index contributed by atoms with van der Waals surface area (Å²) in [7, 11) is 0. The Hall–Kier alpha value is -3.19. The van der Waals surface area contributed by atoms with Crippen LogP contribution in [0.2, 0.25) is 0 Å². The molecule has 2 aromatic carbocycles. The minimum Gasteiger partial charge on any atom is -0.493 e. The first-order valence-corrected chi connectivity index (χ1v) is 10.1. The second-order valence-electron chi connectivity index (χ2n) is 6.71. The molecule has 0 saturated heterocycles. The van der Waals surface area contributed by atoms with Gasteiger partial charge < -0.3 is 15.0 Å². The van der Waals surface area contributed by atoms with Gasteiger partial charge in [-0.25, -0.2) is 9.97 Å². The maximum absolute atomic E-state index is 12.3. The third kappa shape index (κ3) is 3.36. The van der Waals surface area contributed by atoms with Crippen LogP contribution >= 0.6 is 11.3 Å². The molecule has 2 N–H and O–H groups in total.